The van der Waals surface area contributed by atoms with E-state index in [1.54, 1.807) is 0 Å². The second kappa shape index (κ2) is 8.44. The predicted octanol–water partition coefficient (Wildman–Crippen LogP) is 2.76. The molecule has 5 heteroatoms. The second-order valence-electron chi connectivity index (χ2n) is 6.12. The van der Waals surface area contributed by atoms with Crippen LogP contribution in [0.15, 0.2) is 40.2 Å². The molecule has 122 valence electrons. The van der Waals surface area contributed by atoms with Gasteiger partial charge in [0.25, 0.3) is 0 Å². The normalized spacial score (nSPS) is 18.4. The molecule has 0 aliphatic carbocycles. The van der Waals surface area contributed by atoms with Gasteiger partial charge < -0.3 is 15.4 Å². The molecule has 1 aliphatic heterocycles. The number of benzene rings is 1. The summed E-state index contributed by atoms with van der Waals surface area (Å²) < 4.78 is 5.28. The van der Waals surface area contributed by atoms with Crippen molar-refractivity contribution in [2.24, 2.45) is 10.4 Å². The molecule has 0 aromatic heterocycles. The van der Waals surface area contributed by atoms with Crippen LogP contribution in [0.3, 0.4) is 0 Å². The van der Waals surface area contributed by atoms with Crippen molar-refractivity contribution in [2.45, 2.75) is 30.9 Å². The Kier molecular flexibility index (Phi) is 6.58. The van der Waals surface area contributed by atoms with Gasteiger partial charge in [0.05, 0.1) is 19.8 Å². The van der Waals surface area contributed by atoms with Gasteiger partial charge in [0.2, 0.25) is 0 Å². The summed E-state index contributed by atoms with van der Waals surface area (Å²) in [6.45, 7) is 10.7. The van der Waals surface area contributed by atoms with Crippen LogP contribution < -0.4 is 10.6 Å². The van der Waals surface area contributed by atoms with E-state index in [4.69, 9.17) is 9.73 Å². The van der Waals surface area contributed by atoms with Gasteiger partial charge in [0.1, 0.15) is 0 Å². The first-order valence-corrected chi connectivity index (χ1v) is 8.81. The zero-order valence-corrected chi connectivity index (χ0v) is 14.6. The van der Waals surface area contributed by atoms with E-state index in [-0.39, 0.29) is 5.41 Å². The maximum atomic E-state index is 5.28. The molecule has 1 aromatic rings. The van der Waals surface area contributed by atoms with Gasteiger partial charge in [0.15, 0.2) is 5.96 Å². The standard InChI is InChI=1S/C17H27N3OS/c1-4-18-16(20-11-17(3)12-21-13-17)19-10-14(2)22-15-8-6-5-7-9-15/h5-9,14H,4,10-13H2,1-3H3,(H2,18,19,20). The van der Waals surface area contributed by atoms with Gasteiger partial charge in [-0.3, -0.25) is 4.99 Å². The fraction of sp³-hybridized carbons (Fsp3) is 0.588. The minimum atomic E-state index is 0.215. The Morgan fingerprint density at radius 2 is 2.05 bits per heavy atom. The van der Waals surface area contributed by atoms with E-state index in [1.165, 1.54) is 4.90 Å². The Labute approximate surface area is 138 Å². The third-order valence-electron chi connectivity index (χ3n) is 3.50. The Hall–Kier alpha value is -1.20. The molecule has 22 heavy (non-hydrogen) atoms. The maximum Gasteiger partial charge on any atom is 0.191 e. The highest BCUT2D eigenvalue weighted by atomic mass is 32.2. The van der Waals surface area contributed by atoms with E-state index in [0.717, 1.165) is 38.8 Å². The average molecular weight is 321 g/mol. The first kappa shape index (κ1) is 17.2. The van der Waals surface area contributed by atoms with Crippen molar-refractivity contribution >= 4 is 17.7 Å². The van der Waals surface area contributed by atoms with Crippen molar-refractivity contribution in [1.82, 2.24) is 10.6 Å². The summed E-state index contributed by atoms with van der Waals surface area (Å²) in [6, 6.07) is 10.5. The fourth-order valence-electron chi connectivity index (χ4n) is 2.17. The Morgan fingerprint density at radius 3 is 2.64 bits per heavy atom. The summed E-state index contributed by atoms with van der Waals surface area (Å²) in [7, 11) is 0. The average Bonchev–Trinajstić information content (AvgIpc) is 2.49. The third kappa shape index (κ3) is 5.54. The van der Waals surface area contributed by atoms with E-state index >= 15 is 0 Å². The molecule has 1 unspecified atom stereocenters. The molecule has 1 aromatic carbocycles. The SMILES string of the molecule is CCNC(=NCC1(C)COC1)NCC(C)Sc1ccccc1. The molecular formula is C17H27N3OS. The number of rotatable bonds is 7. The number of nitrogens with zero attached hydrogens (tertiary/aromatic N) is 1. The molecule has 1 saturated heterocycles. The largest absolute Gasteiger partial charge is 0.380 e. The Morgan fingerprint density at radius 1 is 1.32 bits per heavy atom. The van der Waals surface area contributed by atoms with Crippen LogP contribution in [0.5, 0.6) is 0 Å². The van der Waals surface area contributed by atoms with Gasteiger partial charge in [-0.05, 0) is 19.1 Å². The summed E-state index contributed by atoms with van der Waals surface area (Å²) >= 11 is 1.88. The monoisotopic (exact) mass is 321 g/mol. The summed E-state index contributed by atoms with van der Waals surface area (Å²) in [6.07, 6.45) is 0. The quantitative estimate of drug-likeness (QED) is 0.460. The van der Waals surface area contributed by atoms with Crippen LogP contribution in [0.2, 0.25) is 0 Å². The molecule has 0 amide bonds. The van der Waals surface area contributed by atoms with Crippen molar-refractivity contribution < 1.29 is 4.74 Å². The van der Waals surface area contributed by atoms with Crippen LogP contribution in [-0.4, -0.2) is 44.1 Å². The van der Waals surface area contributed by atoms with Crippen LogP contribution >= 0.6 is 11.8 Å². The zero-order chi connectivity index (χ0) is 15.8. The predicted molar refractivity (Wildman–Crippen MR) is 94.7 cm³/mol. The summed E-state index contributed by atoms with van der Waals surface area (Å²) in [5, 5.41) is 7.23. The minimum absolute atomic E-state index is 0.215. The molecule has 1 fully saturated rings. The lowest BCUT2D eigenvalue weighted by Crippen LogP contribution is -2.45. The van der Waals surface area contributed by atoms with Gasteiger partial charge in [-0.1, -0.05) is 32.0 Å². The Bertz CT molecular complexity index is 474. The first-order chi connectivity index (χ1) is 10.6. The lowest BCUT2D eigenvalue weighted by Gasteiger charge is -2.36. The Balaban J connectivity index is 1.79. The van der Waals surface area contributed by atoms with Crippen molar-refractivity contribution in [2.75, 3.05) is 32.8 Å². The molecule has 4 nitrogen and oxygen atoms in total. The summed E-state index contributed by atoms with van der Waals surface area (Å²) in [5.41, 5.74) is 0.215. The van der Waals surface area contributed by atoms with E-state index in [0.29, 0.717) is 5.25 Å². The molecule has 2 N–H and O–H groups in total. The molecule has 0 radical (unpaired) electrons. The lowest BCUT2D eigenvalue weighted by molar-refractivity contribution is -0.0945. The number of aliphatic imine (C=N–C) groups is 1. The lowest BCUT2D eigenvalue weighted by atomic mass is 9.89. The zero-order valence-electron chi connectivity index (χ0n) is 13.8. The van der Waals surface area contributed by atoms with Crippen LogP contribution in [0.4, 0.5) is 0 Å². The van der Waals surface area contributed by atoms with Gasteiger partial charge in [-0.15, -0.1) is 11.8 Å². The minimum Gasteiger partial charge on any atom is -0.380 e. The summed E-state index contributed by atoms with van der Waals surface area (Å²) in [5.74, 6) is 0.899. The highest BCUT2D eigenvalue weighted by Crippen LogP contribution is 2.26. The highest BCUT2D eigenvalue weighted by molar-refractivity contribution is 8.00. The van der Waals surface area contributed by atoms with E-state index < -0.39 is 0 Å². The fourth-order valence-corrected chi connectivity index (χ4v) is 3.11. The number of thioether (sulfide) groups is 1. The highest BCUT2D eigenvalue weighted by Gasteiger charge is 2.33. The van der Waals surface area contributed by atoms with Crippen molar-refractivity contribution in [3.63, 3.8) is 0 Å². The van der Waals surface area contributed by atoms with E-state index in [9.17, 15) is 0 Å². The van der Waals surface area contributed by atoms with Crippen molar-refractivity contribution in [3.8, 4) is 0 Å². The van der Waals surface area contributed by atoms with Crippen LogP contribution in [0.1, 0.15) is 20.8 Å². The number of hydrogen-bond donors (Lipinski definition) is 2. The number of nitrogens with one attached hydrogen (secondary N) is 2. The molecule has 1 heterocycles. The second-order valence-corrected chi connectivity index (χ2v) is 7.63. The molecule has 0 bridgehead atoms. The molecule has 0 spiro atoms. The molecular weight excluding hydrogens is 294 g/mol. The molecule has 2 rings (SSSR count). The van der Waals surface area contributed by atoms with E-state index in [1.807, 2.05) is 17.8 Å². The number of ether oxygens (including phenoxy) is 1. The smallest absolute Gasteiger partial charge is 0.191 e. The van der Waals surface area contributed by atoms with Crippen molar-refractivity contribution in [1.29, 1.82) is 0 Å². The number of guanidine groups is 1. The molecule has 1 aliphatic rings. The van der Waals surface area contributed by atoms with Gasteiger partial charge >= 0.3 is 0 Å². The van der Waals surface area contributed by atoms with E-state index in [2.05, 4.69) is 55.7 Å². The number of hydrogen-bond acceptors (Lipinski definition) is 3. The van der Waals surface area contributed by atoms with Crippen LogP contribution in [-0.2, 0) is 4.74 Å². The maximum absolute atomic E-state index is 5.28. The first-order valence-electron chi connectivity index (χ1n) is 7.93. The van der Waals surface area contributed by atoms with Gasteiger partial charge in [-0.2, -0.15) is 0 Å². The van der Waals surface area contributed by atoms with Crippen LogP contribution in [0.25, 0.3) is 0 Å². The van der Waals surface area contributed by atoms with Gasteiger partial charge in [0, 0.05) is 28.6 Å². The third-order valence-corrected chi connectivity index (χ3v) is 4.61. The van der Waals surface area contributed by atoms with Crippen molar-refractivity contribution in [3.05, 3.63) is 30.3 Å². The topological polar surface area (TPSA) is 45.7 Å². The van der Waals surface area contributed by atoms with Gasteiger partial charge in [-0.25, -0.2) is 0 Å². The molecule has 0 saturated carbocycles. The van der Waals surface area contributed by atoms with Crippen LogP contribution in [0, 0.1) is 5.41 Å². The summed E-state index contributed by atoms with van der Waals surface area (Å²) in [4.78, 5) is 5.99. The molecule has 1 atom stereocenters.